The highest BCUT2D eigenvalue weighted by molar-refractivity contribution is 6.10. The molecule has 2 aromatic carbocycles. The first-order valence-electron chi connectivity index (χ1n) is 6.84. The molecule has 0 aliphatic heterocycles. The van der Waals surface area contributed by atoms with E-state index >= 15 is 0 Å². The van der Waals surface area contributed by atoms with Crippen molar-refractivity contribution >= 4 is 11.4 Å². The van der Waals surface area contributed by atoms with Crippen molar-refractivity contribution in [3.63, 3.8) is 0 Å². The quantitative estimate of drug-likeness (QED) is 0.469. The van der Waals surface area contributed by atoms with E-state index < -0.39 is 46.4 Å². The lowest BCUT2D eigenvalue weighted by atomic mass is 10.2. The van der Waals surface area contributed by atoms with Crippen molar-refractivity contribution in [2.24, 2.45) is 5.10 Å². The zero-order valence-corrected chi connectivity index (χ0v) is 12.9. The Morgan fingerprint density at radius 2 is 1.56 bits per heavy atom. The van der Waals surface area contributed by atoms with Gasteiger partial charge in [-0.25, -0.2) is 13.2 Å². The average molecular weight is 384 g/mol. The maximum atomic E-state index is 14.0. The molecule has 0 unspecified atom stereocenters. The van der Waals surface area contributed by atoms with E-state index in [4.69, 9.17) is 15.3 Å². The molecule has 1 N–H and O–H groups in total. The Labute approximate surface area is 147 Å². The van der Waals surface area contributed by atoms with E-state index in [2.05, 4.69) is 10.5 Å². The fraction of sp³-hybridized carbons (Fsp3) is 0.0625. The minimum atomic E-state index is -5.00. The number of anilines is 1. The molecule has 0 aliphatic rings. The number of alkyl halides is 3. The SMILES string of the molecule is N#CC(C#N)=NNc1cccc(F)c1Oc1c(F)cc(C(F)(F)F)cc1F. The smallest absolute Gasteiger partial charge is 0.416 e. The number of hydrazone groups is 1. The third-order valence-electron chi connectivity index (χ3n) is 3.00. The molecule has 0 saturated carbocycles. The van der Waals surface area contributed by atoms with E-state index in [1.807, 2.05) is 0 Å². The summed E-state index contributed by atoms with van der Waals surface area (Å²) < 4.78 is 84.2. The second kappa shape index (κ2) is 7.66. The van der Waals surface area contributed by atoms with Crippen LogP contribution in [0.1, 0.15) is 5.56 Å². The number of benzene rings is 2. The number of hydrogen-bond acceptors (Lipinski definition) is 5. The summed E-state index contributed by atoms with van der Waals surface area (Å²) in [5.41, 5.74) is -0.463. The van der Waals surface area contributed by atoms with Gasteiger partial charge in [0.2, 0.25) is 5.71 Å². The number of para-hydroxylation sites is 1. The van der Waals surface area contributed by atoms with Crippen molar-refractivity contribution in [2.75, 3.05) is 5.43 Å². The largest absolute Gasteiger partial charge is 0.446 e. The number of nitrogens with zero attached hydrogens (tertiary/aromatic N) is 3. The maximum absolute atomic E-state index is 14.0. The molecule has 0 radical (unpaired) electrons. The highest BCUT2D eigenvalue weighted by atomic mass is 19.4. The molecular formula is C16H6F6N4O. The third-order valence-corrected chi connectivity index (χ3v) is 3.00. The third kappa shape index (κ3) is 4.46. The molecular weight excluding hydrogens is 378 g/mol. The first kappa shape index (κ1) is 19.6. The van der Waals surface area contributed by atoms with Crippen LogP contribution in [0.4, 0.5) is 32.0 Å². The molecule has 2 aromatic rings. The number of rotatable bonds is 4. The molecule has 138 valence electrons. The van der Waals surface area contributed by atoms with Crippen LogP contribution in [0.3, 0.4) is 0 Å². The van der Waals surface area contributed by atoms with Crippen molar-refractivity contribution < 1.29 is 31.1 Å². The summed E-state index contributed by atoms with van der Waals surface area (Å²) in [6.07, 6.45) is -5.00. The van der Waals surface area contributed by atoms with Gasteiger partial charge in [-0.05, 0) is 24.3 Å². The second-order valence-corrected chi connectivity index (χ2v) is 4.78. The van der Waals surface area contributed by atoms with Gasteiger partial charge in [-0.3, -0.25) is 5.43 Å². The molecule has 0 bridgehead atoms. The van der Waals surface area contributed by atoms with Gasteiger partial charge in [-0.15, -0.1) is 0 Å². The molecule has 0 atom stereocenters. The Morgan fingerprint density at radius 1 is 0.963 bits per heavy atom. The molecule has 5 nitrogen and oxygen atoms in total. The van der Waals surface area contributed by atoms with Crippen LogP contribution in [0.2, 0.25) is 0 Å². The highest BCUT2D eigenvalue weighted by Crippen LogP contribution is 2.38. The second-order valence-electron chi connectivity index (χ2n) is 4.78. The minimum absolute atomic E-state index is 0.00597. The van der Waals surface area contributed by atoms with Gasteiger partial charge < -0.3 is 4.74 Å². The first-order valence-corrected chi connectivity index (χ1v) is 6.84. The standard InChI is InChI=1S/C16H6F6N4O/c17-10-2-1-3-13(26-25-9(6-23)7-24)15(10)27-14-11(18)4-8(5-12(14)19)16(20,21)22/h1-5,26H. The van der Waals surface area contributed by atoms with Gasteiger partial charge in [0.1, 0.15) is 17.8 Å². The lowest BCUT2D eigenvalue weighted by Crippen LogP contribution is -2.07. The first-order chi connectivity index (χ1) is 12.7. The molecule has 11 heteroatoms. The van der Waals surface area contributed by atoms with E-state index in [1.165, 1.54) is 12.1 Å². The van der Waals surface area contributed by atoms with E-state index in [0.717, 1.165) is 18.2 Å². The van der Waals surface area contributed by atoms with E-state index in [1.54, 1.807) is 0 Å². The molecule has 2 rings (SSSR count). The fourth-order valence-electron chi connectivity index (χ4n) is 1.81. The van der Waals surface area contributed by atoms with Crippen LogP contribution in [0.15, 0.2) is 35.4 Å². The molecule has 0 spiro atoms. The lowest BCUT2D eigenvalue weighted by molar-refractivity contribution is -0.138. The van der Waals surface area contributed by atoms with Gasteiger partial charge >= 0.3 is 6.18 Å². The zero-order chi connectivity index (χ0) is 20.2. The van der Waals surface area contributed by atoms with Gasteiger partial charge in [0, 0.05) is 0 Å². The van der Waals surface area contributed by atoms with Crippen molar-refractivity contribution in [1.82, 2.24) is 0 Å². The van der Waals surface area contributed by atoms with Gasteiger partial charge in [0.25, 0.3) is 0 Å². The van der Waals surface area contributed by atoms with Gasteiger partial charge in [-0.1, -0.05) is 6.07 Å². The number of halogens is 6. The van der Waals surface area contributed by atoms with E-state index in [-0.39, 0.29) is 17.8 Å². The van der Waals surface area contributed by atoms with Crippen molar-refractivity contribution in [3.8, 4) is 23.6 Å². The van der Waals surface area contributed by atoms with Gasteiger partial charge in [0.05, 0.1) is 5.56 Å². The predicted octanol–water partition coefficient (Wildman–Crippen LogP) is 4.73. The monoisotopic (exact) mass is 384 g/mol. The summed E-state index contributed by atoms with van der Waals surface area (Å²) in [5.74, 6) is -6.65. The molecule has 0 aliphatic carbocycles. The summed E-state index contributed by atoms with van der Waals surface area (Å²) in [5, 5.41) is 20.5. The van der Waals surface area contributed by atoms with Crippen LogP contribution in [-0.4, -0.2) is 5.71 Å². The summed E-state index contributed by atoms with van der Waals surface area (Å²) in [4.78, 5) is 0. The van der Waals surface area contributed by atoms with Crippen molar-refractivity contribution in [3.05, 3.63) is 53.3 Å². The Bertz CT molecular complexity index is 949. The molecule has 0 saturated heterocycles. The topological polar surface area (TPSA) is 81.2 Å². The normalized spacial score (nSPS) is 10.5. The van der Waals surface area contributed by atoms with Gasteiger partial charge in [-0.2, -0.15) is 28.8 Å². The Kier molecular flexibility index (Phi) is 5.56. The van der Waals surface area contributed by atoms with E-state index in [0.29, 0.717) is 0 Å². The molecule has 0 heterocycles. The summed E-state index contributed by atoms with van der Waals surface area (Å²) in [6.45, 7) is 0. The Hall–Kier alpha value is -3.73. The Morgan fingerprint density at radius 3 is 2.07 bits per heavy atom. The fourth-order valence-corrected chi connectivity index (χ4v) is 1.81. The van der Waals surface area contributed by atoms with Crippen LogP contribution >= 0.6 is 0 Å². The van der Waals surface area contributed by atoms with Crippen LogP contribution in [0.5, 0.6) is 11.5 Å². The average Bonchev–Trinajstić information content (AvgIpc) is 2.59. The number of hydrogen-bond donors (Lipinski definition) is 1. The summed E-state index contributed by atoms with van der Waals surface area (Å²) in [6, 6.07) is 5.94. The van der Waals surface area contributed by atoms with Crippen LogP contribution in [0, 0.1) is 40.1 Å². The molecule has 27 heavy (non-hydrogen) atoms. The van der Waals surface area contributed by atoms with Crippen molar-refractivity contribution in [2.45, 2.75) is 6.18 Å². The summed E-state index contributed by atoms with van der Waals surface area (Å²) in [7, 11) is 0. The van der Waals surface area contributed by atoms with Crippen molar-refractivity contribution in [1.29, 1.82) is 10.5 Å². The summed E-state index contributed by atoms with van der Waals surface area (Å²) >= 11 is 0. The van der Waals surface area contributed by atoms with Crippen LogP contribution < -0.4 is 10.2 Å². The Balaban J connectivity index is 2.46. The molecule has 0 fully saturated rings. The zero-order valence-electron chi connectivity index (χ0n) is 12.9. The number of nitriles is 2. The van der Waals surface area contributed by atoms with Gasteiger partial charge in [0.15, 0.2) is 29.0 Å². The minimum Gasteiger partial charge on any atom is -0.446 e. The van der Waals surface area contributed by atoms with Crippen LogP contribution in [-0.2, 0) is 6.18 Å². The molecule has 0 aromatic heterocycles. The van der Waals surface area contributed by atoms with Crippen LogP contribution in [0.25, 0.3) is 0 Å². The number of ether oxygens (including phenoxy) is 1. The lowest BCUT2D eigenvalue weighted by Gasteiger charge is -2.14. The van der Waals surface area contributed by atoms with E-state index in [9.17, 15) is 26.3 Å². The highest BCUT2D eigenvalue weighted by Gasteiger charge is 2.33. The maximum Gasteiger partial charge on any atom is 0.416 e. The number of nitrogens with one attached hydrogen (secondary N) is 1. The molecule has 0 amide bonds. The predicted molar refractivity (Wildman–Crippen MR) is 80.1 cm³/mol.